The number of benzene rings is 1. The maximum Gasteiger partial charge on any atom is 0.271 e. The molecule has 1 rings (SSSR count). The highest BCUT2D eigenvalue weighted by atomic mass is 16.6. The van der Waals surface area contributed by atoms with Crippen LogP contribution in [0.1, 0.15) is 32.6 Å². The van der Waals surface area contributed by atoms with E-state index in [1.165, 1.54) is 25.0 Å². The van der Waals surface area contributed by atoms with Crippen LogP contribution in [0.2, 0.25) is 0 Å². The molecule has 94 valence electrons. The molecule has 5 nitrogen and oxygen atoms in total. The minimum absolute atomic E-state index is 0.0131. The van der Waals surface area contributed by atoms with Crippen LogP contribution >= 0.6 is 0 Å². The van der Waals surface area contributed by atoms with Crippen LogP contribution in [-0.2, 0) is 0 Å². The lowest BCUT2D eigenvalue weighted by Crippen LogP contribution is -2.01. The number of nitrogens with zero attached hydrogens (tertiary/aromatic N) is 1. The fraction of sp³-hybridized carbons (Fsp3) is 0.500. The van der Waals surface area contributed by atoms with Gasteiger partial charge in [0.2, 0.25) is 0 Å². The molecular weight excluding hydrogens is 220 g/mol. The Morgan fingerprint density at radius 3 is 2.71 bits per heavy atom. The third-order valence-corrected chi connectivity index (χ3v) is 2.46. The molecule has 0 radical (unpaired) electrons. The van der Waals surface area contributed by atoms with E-state index in [-0.39, 0.29) is 5.69 Å². The maximum atomic E-state index is 10.5. The molecule has 0 aliphatic rings. The summed E-state index contributed by atoms with van der Waals surface area (Å²) in [6, 6.07) is 4.27. The molecule has 0 amide bonds. The van der Waals surface area contributed by atoms with Crippen molar-refractivity contribution in [1.29, 1.82) is 0 Å². The number of nitro groups is 1. The zero-order chi connectivity index (χ0) is 12.7. The lowest BCUT2D eigenvalue weighted by molar-refractivity contribution is -0.384. The predicted molar refractivity (Wildman–Crippen MR) is 67.1 cm³/mol. The van der Waals surface area contributed by atoms with Crippen molar-refractivity contribution in [3.05, 3.63) is 28.3 Å². The van der Waals surface area contributed by atoms with Crippen LogP contribution in [0.15, 0.2) is 18.2 Å². The van der Waals surface area contributed by atoms with E-state index >= 15 is 0 Å². The summed E-state index contributed by atoms with van der Waals surface area (Å²) in [6.45, 7) is 2.75. The van der Waals surface area contributed by atoms with Crippen molar-refractivity contribution in [3.8, 4) is 5.75 Å². The van der Waals surface area contributed by atoms with Crippen molar-refractivity contribution in [2.24, 2.45) is 0 Å². The molecule has 1 aromatic carbocycles. The molecule has 2 N–H and O–H groups in total. The van der Waals surface area contributed by atoms with E-state index in [2.05, 4.69) is 6.92 Å². The number of rotatable bonds is 7. The van der Waals surface area contributed by atoms with Crippen molar-refractivity contribution in [1.82, 2.24) is 0 Å². The van der Waals surface area contributed by atoms with Gasteiger partial charge < -0.3 is 10.5 Å². The first-order valence-corrected chi connectivity index (χ1v) is 5.82. The average Bonchev–Trinajstić information content (AvgIpc) is 2.30. The summed E-state index contributed by atoms with van der Waals surface area (Å²) in [5.41, 5.74) is 5.97. The van der Waals surface area contributed by atoms with E-state index in [0.717, 1.165) is 12.8 Å². The van der Waals surface area contributed by atoms with Gasteiger partial charge in [-0.05, 0) is 12.5 Å². The molecule has 0 atom stereocenters. The SMILES string of the molecule is CCCCCCOc1ccc([N+](=O)[O-])cc1N. The summed E-state index contributed by atoms with van der Waals surface area (Å²) in [6.07, 6.45) is 4.48. The van der Waals surface area contributed by atoms with Crippen molar-refractivity contribution < 1.29 is 9.66 Å². The highest BCUT2D eigenvalue weighted by Crippen LogP contribution is 2.26. The number of hydrogen-bond acceptors (Lipinski definition) is 4. The highest BCUT2D eigenvalue weighted by molar-refractivity contribution is 5.58. The molecular formula is C12H18N2O3. The van der Waals surface area contributed by atoms with Crippen molar-refractivity contribution in [2.75, 3.05) is 12.3 Å². The smallest absolute Gasteiger partial charge is 0.271 e. The first kappa shape index (κ1) is 13.3. The van der Waals surface area contributed by atoms with Gasteiger partial charge in [-0.1, -0.05) is 26.2 Å². The van der Waals surface area contributed by atoms with Crippen LogP contribution in [0.25, 0.3) is 0 Å². The van der Waals surface area contributed by atoms with Crippen molar-refractivity contribution >= 4 is 11.4 Å². The number of anilines is 1. The summed E-state index contributed by atoms with van der Waals surface area (Å²) in [5.74, 6) is 0.520. The lowest BCUT2D eigenvalue weighted by Gasteiger charge is -2.08. The van der Waals surface area contributed by atoms with E-state index in [4.69, 9.17) is 10.5 Å². The van der Waals surface area contributed by atoms with Gasteiger partial charge in [-0.25, -0.2) is 0 Å². The molecule has 0 fully saturated rings. The molecule has 0 heterocycles. The second-order valence-corrected chi connectivity index (χ2v) is 3.89. The van der Waals surface area contributed by atoms with Crippen LogP contribution in [-0.4, -0.2) is 11.5 Å². The summed E-state index contributed by atoms with van der Waals surface area (Å²) in [7, 11) is 0. The zero-order valence-corrected chi connectivity index (χ0v) is 10.0. The Kier molecular flexibility index (Phi) is 5.26. The highest BCUT2D eigenvalue weighted by Gasteiger charge is 2.09. The standard InChI is InChI=1S/C12H18N2O3/c1-2-3-4-5-8-17-12-7-6-10(14(15)16)9-11(12)13/h6-7,9H,2-5,8,13H2,1H3. The zero-order valence-electron chi connectivity index (χ0n) is 10.0. The van der Waals surface area contributed by atoms with E-state index in [1.54, 1.807) is 6.07 Å². The lowest BCUT2D eigenvalue weighted by atomic mass is 10.2. The summed E-state index contributed by atoms with van der Waals surface area (Å²) in [4.78, 5) is 10.0. The van der Waals surface area contributed by atoms with Crippen LogP contribution < -0.4 is 10.5 Å². The van der Waals surface area contributed by atoms with Gasteiger partial charge in [-0.2, -0.15) is 0 Å². The van der Waals surface area contributed by atoms with E-state index < -0.39 is 4.92 Å². The van der Waals surface area contributed by atoms with Crippen LogP contribution in [0.5, 0.6) is 5.75 Å². The van der Waals surface area contributed by atoms with E-state index in [1.807, 2.05) is 0 Å². The molecule has 5 heteroatoms. The van der Waals surface area contributed by atoms with E-state index in [9.17, 15) is 10.1 Å². The van der Waals surface area contributed by atoms with E-state index in [0.29, 0.717) is 18.0 Å². The Hall–Kier alpha value is -1.78. The van der Waals surface area contributed by atoms with Gasteiger partial charge in [0.05, 0.1) is 17.2 Å². The van der Waals surface area contributed by atoms with Gasteiger partial charge in [-0.3, -0.25) is 10.1 Å². The summed E-state index contributed by atoms with van der Waals surface area (Å²) >= 11 is 0. The quantitative estimate of drug-likeness (QED) is 0.342. The number of hydrogen-bond donors (Lipinski definition) is 1. The van der Waals surface area contributed by atoms with Crippen molar-refractivity contribution in [2.45, 2.75) is 32.6 Å². The molecule has 0 bridgehead atoms. The first-order chi connectivity index (χ1) is 8.15. The molecule has 0 saturated carbocycles. The van der Waals surface area contributed by atoms with Gasteiger partial charge in [0.25, 0.3) is 5.69 Å². The van der Waals surface area contributed by atoms with Gasteiger partial charge in [0.1, 0.15) is 5.75 Å². The van der Waals surface area contributed by atoms with Gasteiger partial charge in [0, 0.05) is 12.1 Å². The third kappa shape index (κ3) is 4.30. The fourth-order valence-corrected chi connectivity index (χ4v) is 1.49. The second kappa shape index (κ2) is 6.73. The largest absolute Gasteiger partial charge is 0.491 e. The average molecular weight is 238 g/mol. The molecule has 0 spiro atoms. The van der Waals surface area contributed by atoms with Crippen molar-refractivity contribution in [3.63, 3.8) is 0 Å². The topological polar surface area (TPSA) is 78.4 Å². The second-order valence-electron chi connectivity index (χ2n) is 3.89. The Morgan fingerprint density at radius 2 is 2.12 bits per heavy atom. The predicted octanol–water partition coefficient (Wildman–Crippen LogP) is 3.14. The van der Waals surface area contributed by atoms with Crippen LogP contribution in [0.4, 0.5) is 11.4 Å². The Bertz CT molecular complexity index is 380. The number of nitrogens with two attached hydrogens (primary N) is 1. The van der Waals surface area contributed by atoms with Crippen LogP contribution in [0, 0.1) is 10.1 Å². The molecule has 0 aliphatic heterocycles. The Morgan fingerprint density at radius 1 is 1.35 bits per heavy atom. The Balaban J connectivity index is 2.46. The summed E-state index contributed by atoms with van der Waals surface area (Å²) in [5, 5.41) is 10.5. The normalized spacial score (nSPS) is 10.2. The maximum absolute atomic E-state index is 10.5. The number of nitro benzene ring substituents is 1. The molecule has 0 aliphatic carbocycles. The van der Waals surface area contributed by atoms with Gasteiger partial charge in [-0.15, -0.1) is 0 Å². The fourth-order valence-electron chi connectivity index (χ4n) is 1.49. The van der Waals surface area contributed by atoms with Gasteiger partial charge in [0.15, 0.2) is 0 Å². The molecule has 0 unspecified atom stereocenters. The number of nitrogen functional groups attached to an aromatic ring is 1. The monoisotopic (exact) mass is 238 g/mol. The third-order valence-electron chi connectivity index (χ3n) is 2.46. The minimum Gasteiger partial charge on any atom is -0.491 e. The molecule has 17 heavy (non-hydrogen) atoms. The number of unbranched alkanes of at least 4 members (excludes halogenated alkanes) is 3. The number of non-ortho nitro benzene ring substituents is 1. The summed E-state index contributed by atoms with van der Waals surface area (Å²) < 4.78 is 5.47. The van der Waals surface area contributed by atoms with Crippen LogP contribution in [0.3, 0.4) is 0 Å². The number of ether oxygens (including phenoxy) is 1. The Labute approximate surface area is 101 Å². The van der Waals surface area contributed by atoms with Gasteiger partial charge >= 0.3 is 0 Å². The molecule has 1 aromatic rings. The first-order valence-electron chi connectivity index (χ1n) is 5.82. The molecule has 0 aromatic heterocycles. The molecule has 0 saturated heterocycles. The minimum atomic E-state index is -0.471.